The molecule has 1 aliphatic rings. The highest BCUT2D eigenvalue weighted by molar-refractivity contribution is 6.00. The average molecular weight is 389 g/mol. The summed E-state index contributed by atoms with van der Waals surface area (Å²) in [4.78, 5) is 15.4. The van der Waals surface area contributed by atoms with Crippen LogP contribution in [0.2, 0.25) is 0 Å². The van der Waals surface area contributed by atoms with Gasteiger partial charge in [0.2, 0.25) is 0 Å². The monoisotopic (exact) mass is 388 g/mol. The highest BCUT2D eigenvalue weighted by atomic mass is 16.2. The van der Waals surface area contributed by atoms with Gasteiger partial charge in [-0.05, 0) is 44.7 Å². The maximum atomic E-state index is 13.4. The Balaban J connectivity index is 1.68. The minimum Gasteiger partial charge on any atom is -0.339 e. The molecule has 150 valence electrons. The first-order valence-corrected chi connectivity index (χ1v) is 10.3. The minimum absolute atomic E-state index is 0.0466. The van der Waals surface area contributed by atoms with E-state index in [-0.39, 0.29) is 11.9 Å². The SMILES string of the molecule is Cc1ccc(-n2cc(C(=O)N3CCC(C(C)N)CC3)c(-c3ccccc3)n2)cc1. The van der Waals surface area contributed by atoms with Gasteiger partial charge >= 0.3 is 0 Å². The molecule has 0 radical (unpaired) electrons. The van der Waals surface area contributed by atoms with Gasteiger partial charge in [-0.3, -0.25) is 4.79 Å². The molecule has 2 aromatic carbocycles. The predicted molar refractivity (Wildman–Crippen MR) is 116 cm³/mol. The van der Waals surface area contributed by atoms with E-state index in [2.05, 4.69) is 26.0 Å². The van der Waals surface area contributed by atoms with Gasteiger partial charge in [0.05, 0.1) is 11.3 Å². The highest BCUT2D eigenvalue weighted by Gasteiger charge is 2.28. The lowest BCUT2D eigenvalue weighted by atomic mass is 9.90. The molecule has 1 atom stereocenters. The molecule has 0 spiro atoms. The fraction of sp³-hybridized carbons (Fsp3) is 0.333. The van der Waals surface area contributed by atoms with E-state index in [4.69, 9.17) is 10.8 Å². The van der Waals surface area contributed by atoms with Gasteiger partial charge < -0.3 is 10.6 Å². The van der Waals surface area contributed by atoms with E-state index in [1.54, 1.807) is 0 Å². The van der Waals surface area contributed by atoms with E-state index in [1.165, 1.54) is 5.56 Å². The number of aromatic nitrogens is 2. The number of hydrogen-bond acceptors (Lipinski definition) is 3. The third-order valence-corrected chi connectivity index (χ3v) is 5.86. The summed E-state index contributed by atoms with van der Waals surface area (Å²) in [5, 5.41) is 4.79. The van der Waals surface area contributed by atoms with E-state index >= 15 is 0 Å². The van der Waals surface area contributed by atoms with Gasteiger partial charge in [-0.25, -0.2) is 4.68 Å². The van der Waals surface area contributed by atoms with Crippen molar-refractivity contribution in [3.05, 3.63) is 71.9 Å². The summed E-state index contributed by atoms with van der Waals surface area (Å²) in [6, 6.07) is 18.3. The predicted octanol–water partition coefficient (Wildman–Crippen LogP) is 4.05. The molecule has 1 fully saturated rings. The Morgan fingerprint density at radius 3 is 2.34 bits per heavy atom. The van der Waals surface area contributed by atoms with Crippen LogP contribution in [0, 0.1) is 12.8 Å². The molecule has 1 unspecified atom stereocenters. The number of rotatable bonds is 4. The van der Waals surface area contributed by atoms with Crippen LogP contribution in [-0.2, 0) is 0 Å². The van der Waals surface area contributed by atoms with Crippen molar-refractivity contribution >= 4 is 5.91 Å². The lowest BCUT2D eigenvalue weighted by molar-refractivity contribution is 0.0681. The Bertz CT molecular complexity index is 968. The Labute approximate surface area is 172 Å². The van der Waals surface area contributed by atoms with Crippen LogP contribution in [0.5, 0.6) is 0 Å². The molecule has 5 nitrogen and oxygen atoms in total. The Hall–Kier alpha value is -2.92. The van der Waals surface area contributed by atoms with Crippen molar-refractivity contribution in [1.29, 1.82) is 0 Å². The van der Waals surface area contributed by atoms with Crippen LogP contribution in [0.25, 0.3) is 16.9 Å². The smallest absolute Gasteiger partial charge is 0.257 e. The van der Waals surface area contributed by atoms with Crippen LogP contribution >= 0.6 is 0 Å². The summed E-state index contributed by atoms with van der Waals surface area (Å²) in [6.45, 7) is 5.61. The third kappa shape index (κ3) is 4.10. The fourth-order valence-corrected chi connectivity index (χ4v) is 3.97. The van der Waals surface area contributed by atoms with Gasteiger partial charge in [0.1, 0.15) is 5.69 Å². The van der Waals surface area contributed by atoms with Crippen molar-refractivity contribution < 1.29 is 4.79 Å². The second kappa shape index (κ2) is 8.21. The first kappa shape index (κ1) is 19.4. The summed E-state index contributed by atoms with van der Waals surface area (Å²) in [6.07, 6.45) is 3.78. The van der Waals surface area contributed by atoms with Crippen LogP contribution in [-0.4, -0.2) is 39.7 Å². The summed E-state index contributed by atoms with van der Waals surface area (Å²) in [5.41, 5.74) is 10.5. The molecule has 1 aliphatic heterocycles. The number of amides is 1. The average Bonchev–Trinajstić information content (AvgIpc) is 3.20. The van der Waals surface area contributed by atoms with Crippen LogP contribution in [0.15, 0.2) is 60.8 Å². The maximum Gasteiger partial charge on any atom is 0.257 e. The van der Waals surface area contributed by atoms with Gasteiger partial charge in [-0.15, -0.1) is 0 Å². The number of aryl methyl sites for hydroxylation is 1. The normalized spacial score (nSPS) is 16.0. The largest absolute Gasteiger partial charge is 0.339 e. The summed E-state index contributed by atoms with van der Waals surface area (Å²) in [7, 11) is 0. The number of carbonyl (C=O) groups excluding carboxylic acids is 1. The summed E-state index contributed by atoms with van der Waals surface area (Å²) < 4.78 is 1.81. The molecule has 4 rings (SSSR count). The van der Waals surface area contributed by atoms with Crippen LogP contribution in [0.1, 0.15) is 35.7 Å². The number of carbonyl (C=O) groups is 1. The van der Waals surface area contributed by atoms with Crippen LogP contribution in [0.3, 0.4) is 0 Å². The number of likely N-dealkylation sites (tertiary alicyclic amines) is 1. The van der Waals surface area contributed by atoms with Crippen molar-refractivity contribution in [3.8, 4) is 16.9 Å². The zero-order valence-corrected chi connectivity index (χ0v) is 17.1. The standard InChI is InChI=1S/C24H28N4O/c1-17-8-10-21(11-9-17)28-16-22(23(26-28)20-6-4-3-5-7-20)24(29)27-14-12-19(13-15-27)18(2)25/h3-11,16,18-19H,12-15,25H2,1-2H3. The lowest BCUT2D eigenvalue weighted by Crippen LogP contribution is -2.42. The second-order valence-electron chi connectivity index (χ2n) is 8.03. The number of nitrogens with zero attached hydrogens (tertiary/aromatic N) is 3. The van der Waals surface area contributed by atoms with Crippen molar-refractivity contribution in [3.63, 3.8) is 0 Å². The van der Waals surface area contributed by atoms with Gasteiger partial charge in [0, 0.05) is 30.9 Å². The van der Waals surface area contributed by atoms with Gasteiger partial charge in [-0.1, -0.05) is 48.0 Å². The Kier molecular flexibility index (Phi) is 5.49. The fourth-order valence-electron chi connectivity index (χ4n) is 3.97. The van der Waals surface area contributed by atoms with Crippen molar-refractivity contribution in [2.24, 2.45) is 11.7 Å². The molecule has 0 saturated carbocycles. The molecule has 2 heterocycles. The molecular formula is C24H28N4O. The molecule has 2 N–H and O–H groups in total. The molecule has 1 amide bonds. The van der Waals surface area contributed by atoms with E-state index in [0.717, 1.165) is 42.9 Å². The van der Waals surface area contributed by atoms with E-state index in [0.29, 0.717) is 11.5 Å². The van der Waals surface area contributed by atoms with E-state index in [9.17, 15) is 4.79 Å². The van der Waals surface area contributed by atoms with Crippen molar-refractivity contribution in [2.75, 3.05) is 13.1 Å². The topological polar surface area (TPSA) is 64.2 Å². The van der Waals surface area contributed by atoms with Crippen LogP contribution < -0.4 is 5.73 Å². The maximum absolute atomic E-state index is 13.4. The zero-order chi connectivity index (χ0) is 20.4. The molecule has 0 aliphatic carbocycles. The lowest BCUT2D eigenvalue weighted by Gasteiger charge is -2.33. The first-order chi connectivity index (χ1) is 14.0. The van der Waals surface area contributed by atoms with Crippen molar-refractivity contribution in [2.45, 2.75) is 32.7 Å². The Morgan fingerprint density at radius 2 is 1.72 bits per heavy atom. The van der Waals surface area contributed by atoms with Gasteiger partial charge in [0.15, 0.2) is 0 Å². The molecule has 1 aromatic heterocycles. The molecule has 0 bridgehead atoms. The van der Waals surface area contributed by atoms with E-state index < -0.39 is 0 Å². The molecule has 3 aromatic rings. The summed E-state index contributed by atoms with van der Waals surface area (Å²) in [5.74, 6) is 0.535. The quantitative estimate of drug-likeness (QED) is 0.733. The number of benzene rings is 2. The molecule has 1 saturated heterocycles. The van der Waals surface area contributed by atoms with E-state index in [1.807, 2.05) is 58.2 Å². The minimum atomic E-state index is 0.0466. The second-order valence-corrected chi connectivity index (χ2v) is 8.03. The van der Waals surface area contributed by atoms with Crippen LogP contribution in [0.4, 0.5) is 0 Å². The van der Waals surface area contributed by atoms with Gasteiger partial charge in [0.25, 0.3) is 5.91 Å². The molecule has 29 heavy (non-hydrogen) atoms. The highest BCUT2D eigenvalue weighted by Crippen LogP contribution is 2.27. The Morgan fingerprint density at radius 1 is 1.07 bits per heavy atom. The molecular weight excluding hydrogens is 360 g/mol. The first-order valence-electron chi connectivity index (χ1n) is 10.3. The van der Waals surface area contributed by atoms with Gasteiger partial charge in [-0.2, -0.15) is 5.10 Å². The van der Waals surface area contributed by atoms with Crippen molar-refractivity contribution in [1.82, 2.24) is 14.7 Å². The number of nitrogens with two attached hydrogens (primary N) is 1. The number of piperidine rings is 1. The zero-order valence-electron chi connectivity index (χ0n) is 17.1. The number of hydrogen-bond donors (Lipinski definition) is 1. The summed E-state index contributed by atoms with van der Waals surface area (Å²) >= 11 is 0. The third-order valence-electron chi connectivity index (χ3n) is 5.86. The molecule has 5 heteroatoms.